The summed E-state index contributed by atoms with van der Waals surface area (Å²) in [5.74, 6) is 2.15. The molecule has 1 aromatic heterocycles. The van der Waals surface area contributed by atoms with Crippen LogP contribution in [0.2, 0.25) is 0 Å². The minimum Gasteiger partial charge on any atom is -0.356 e. The Labute approximate surface area is 204 Å². The number of rotatable bonds is 10. The number of carbonyl (C=O) groups is 1. The lowest BCUT2D eigenvalue weighted by atomic mass is 10.1. The monoisotopic (exact) mass is 471 g/mol. The molecule has 0 aliphatic heterocycles. The molecule has 3 N–H and O–H groups in total. The molecule has 0 fully saturated rings. The maximum Gasteiger partial charge on any atom is 0.257 e. The highest BCUT2D eigenvalue weighted by Gasteiger charge is 2.08. The van der Waals surface area contributed by atoms with Crippen LogP contribution in [-0.2, 0) is 12.2 Å². The molecule has 0 saturated heterocycles. The highest BCUT2D eigenvalue weighted by molar-refractivity contribution is 7.98. The first kappa shape index (κ1) is 23.6. The zero-order chi connectivity index (χ0) is 23.4. The van der Waals surface area contributed by atoms with E-state index in [1.165, 1.54) is 16.3 Å². The number of benzene rings is 3. The van der Waals surface area contributed by atoms with Crippen molar-refractivity contribution in [2.75, 3.05) is 18.8 Å². The highest BCUT2D eigenvalue weighted by atomic mass is 32.2. The average Bonchev–Trinajstić information content (AvgIpc) is 3.40. The van der Waals surface area contributed by atoms with Crippen LogP contribution in [0.15, 0.2) is 90.3 Å². The fourth-order valence-electron chi connectivity index (χ4n) is 3.64. The molecule has 4 aromatic rings. The standard InChI is InChI=1S/C27H29N5OS/c33-26(22-9-2-1-3-10-22)32-27(29-15-7-13-24-18-28-20-31-24)30-16-17-34-19-23-12-6-11-21-8-4-5-14-25(21)23/h1-6,8-12,14,18,20H,7,13,15-17,19H2,(H,28,31)(H2,29,30,32,33). The van der Waals surface area contributed by atoms with Crippen LogP contribution < -0.4 is 10.6 Å². The van der Waals surface area contributed by atoms with Gasteiger partial charge in [-0.05, 0) is 41.3 Å². The van der Waals surface area contributed by atoms with Gasteiger partial charge in [0.1, 0.15) is 0 Å². The van der Waals surface area contributed by atoms with E-state index >= 15 is 0 Å². The molecule has 1 amide bonds. The number of hydrogen-bond donors (Lipinski definition) is 3. The molecule has 0 saturated carbocycles. The van der Waals surface area contributed by atoms with E-state index in [9.17, 15) is 4.79 Å². The van der Waals surface area contributed by atoms with Crippen molar-refractivity contribution in [2.45, 2.75) is 18.6 Å². The van der Waals surface area contributed by atoms with E-state index in [4.69, 9.17) is 0 Å². The fraction of sp³-hybridized carbons (Fsp3) is 0.222. The molecule has 34 heavy (non-hydrogen) atoms. The van der Waals surface area contributed by atoms with Crippen molar-refractivity contribution < 1.29 is 4.79 Å². The largest absolute Gasteiger partial charge is 0.356 e. The second-order valence-electron chi connectivity index (χ2n) is 7.83. The average molecular weight is 472 g/mol. The van der Waals surface area contributed by atoms with Crippen LogP contribution in [0.1, 0.15) is 28.0 Å². The van der Waals surface area contributed by atoms with Crippen molar-refractivity contribution in [3.8, 4) is 0 Å². The zero-order valence-electron chi connectivity index (χ0n) is 19.0. The van der Waals surface area contributed by atoms with Gasteiger partial charge in [-0.15, -0.1) is 0 Å². The summed E-state index contributed by atoms with van der Waals surface area (Å²) in [5.41, 5.74) is 2.97. The highest BCUT2D eigenvalue weighted by Crippen LogP contribution is 2.22. The molecule has 0 aliphatic carbocycles. The van der Waals surface area contributed by atoms with Crippen molar-refractivity contribution >= 4 is 34.4 Å². The van der Waals surface area contributed by atoms with Crippen molar-refractivity contribution in [2.24, 2.45) is 4.99 Å². The third kappa shape index (κ3) is 6.96. The molecule has 1 heterocycles. The van der Waals surface area contributed by atoms with Crippen molar-refractivity contribution in [1.29, 1.82) is 0 Å². The fourth-order valence-corrected chi connectivity index (χ4v) is 4.47. The van der Waals surface area contributed by atoms with E-state index in [1.54, 1.807) is 18.5 Å². The molecule has 0 spiro atoms. The summed E-state index contributed by atoms with van der Waals surface area (Å²) in [5, 5.41) is 8.78. The molecule has 6 nitrogen and oxygen atoms in total. The summed E-state index contributed by atoms with van der Waals surface area (Å²) in [6.07, 6.45) is 5.34. The normalized spacial score (nSPS) is 11.5. The SMILES string of the molecule is O=C(N/C(=N\CCSCc1cccc2ccccc12)NCCCc1c[nH]cn1)c1ccccc1. The maximum atomic E-state index is 12.6. The molecule has 0 unspecified atom stereocenters. The van der Waals surface area contributed by atoms with E-state index in [0.29, 0.717) is 24.6 Å². The van der Waals surface area contributed by atoms with Crippen molar-refractivity contribution in [3.05, 3.63) is 102 Å². The molecule has 0 aliphatic rings. The molecule has 0 bridgehead atoms. The minimum atomic E-state index is -0.164. The molecule has 0 atom stereocenters. The van der Waals surface area contributed by atoms with Crippen molar-refractivity contribution in [1.82, 2.24) is 20.6 Å². The Kier molecular flexibility index (Phi) is 8.74. The smallest absolute Gasteiger partial charge is 0.257 e. The van der Waals surface area contributed by atoms with Crippen LogP contribution in [0.3, 0.4) is 0 Å². The molecule has 0 radical (unpaired) electrons. The summed E-state index contributed by atoms with van der Waals surface area (Å²) in [6, 6.07) is 24.1. The van der Waals surface area contributed by atoms with Crippen LogP contribution >= 0.6 is 11.8 Å². The zero-order valence-corrected chi connectivity index (χ0v) is 19.9. The van der Waals surface area contributed by atoms with E-state index < -0.39 is 0 Å². The van der Waals surface area contributed by atoms with Crippen molar-refractivity contribution in [3.63, 3.8) is 0 Å². The Morgan fingerprint density at radius 2 is 1.82 bits per heavy atom. The first-order valence-corrected chi connectivity index (χ1v) is 12.6. The van der Waals surface area contributed by atoms with E-state index in [0.717, 1.165) is 30.0 Å². The lowest BCUT2D eigenvalue weighted by Gasteiger charge is -2.12. The number of fused-ring (bicyclic) bond motifs is 1. The predicted octanol–water partition coefficient (Wildman–Crippen LogP) is 4.80. The first-order valence-electron chi connectivity index (χ1n) is 11.5. The molecular formula is C27H29N5OS. The minimum absolute atomic E-state index is 0.164. The number of thioether (sulfide) groups is 1. The molecule has 3 aromatic carbocycles. The summed E-state index contributed by atoms with van der Waals surface area (Å²) in [7, 11) is 0. The first-order chi connectivity index (χ1) is 16.8. The number of aryl methyl sites for hydroxylation is 1. The van der Waals surface area contributed by atoms with E-state index in [2.05, 4.69) is 68.1 Å². The summed E-state index contributed by atoms with van der Waals surface area (Å²) >= 11 is 1.85. The number of aromatic nitrogens is 2. The van der Waals surface area contributed by atoms with Gasteiger partial charge in [-0.2, -0.15) is 11.8 Å². The summed E-state index contributed by atoms with van der Waals surface area (Å²) in [6.45, 7) is 1.32. The number of imidazole rings is 1. The van der Waals surface area contributed by atoms with Gasteiger partial charge in [-0.1, -0.05) is 60.7 Å². The van der Waals surface area contributed by atoms with Gasteiger partial charge >= 0.3 is 0 Å². The topological polar surface area (TPSA) is 82.2 Å². The second-order valence-corrected chi connectivity index (χ2v) is 8.94. The molecule has 4 rings (SSSR count). The van der Waals surface area contributed by atoms with Crippen LogP contribution in [0.4, 0.5) is 0 Å². The van der Waals surface area contributed by atoms with E-state index in [-0.39, 0.29) is 5.91 Å². The number of amides is 1. The Bertz CT molecular complexity index is 1200. The number of hydrogen-bond acceptors (Lipinski definition) is 4. The number of aromatic amines is 1. The number of nitrogens with zero attached hydrogens (tertiary/aromatic N) is 2. The lowest BCUT2D eigenvalue weighted by molar-refractivity contribution is 0.0975. The number of H-pyrrole nitrogens is 1. The second kappa shape index (κ2) is 12.6. The van der Waals surface area contributed by atoms with Gasteiger partial charge in [0.15, 0.2) is 5.96 Å². The molecule has 174 valence electrons. The van der Waals surface area contributed by atoms with Gasteiger partial charge < -0.3 is 10.3 Å². The van der Waals surface area contributed by atoms with E-state index in [1.807, 2.05) is 36.2 Å². The van der Waals surface area contributed by atoms with Gasteiger partial charge in [0.25, 0.3) is 5.91 Å². The van der Waals surface area contributed by atoms with Crippen LogP contribution in [0.25, 0.3) is 10.8 Å². The van der Waals surface area contributed by atoms with Gasteiger partial charge in [-0.25, -0.2) is 4.98 Å². The lowest BCUT2D eigenvalue weighted by Crippen LogP contribution is -2.41. The predicted molar refractivity (Wildman–Crippen MR) is 141 cm³/mol. The number of nitrogens with one attached hydrogen (secondary N) is 3. The van der Waals surface area contributed by atoms with Crippen LogP contribution in [-0.4, -0.2) is 40.7 Å². The molecule has 7 heteroatoms. The number of carbonyl (C=O) groups excluding carboxylic acids is 1. The Morgan fingerprint density at radius 1 is 1.00 bits per heavy atom. The number of aliphatic imine (C=N–C) groups is 1. The van der Waals surface area contributed by atoms with Crippen LogP contribution in [0.5, 0.6) is 0 Å². The Morgan fingerprint density at radius 3 is 2.68 bits per heavy atom. The summed E-state index contributed by atoms with van der Waals surface area (Å²) in [4.78, 5) is 24.5. The Balaban J connectivity index is 1.30. The maximum absolute atomic E-state index is 12.6. The number of guanidine groups is 1. The van der Waals surface area contributed by atoms with Crippen LogP contribution in [0, 0.1) is 0 Å². The quantitative estimate of drug-likeness (QED) is 0.176. The van der Waals surface area contributed by atoms with Gasteiger partial charge in [0.2, 0.25) is 0 Å². The summed E-state index contributed by atoms with van der Waals surface area (Å²) < 4.78 is 0. The van der Waals surface area contributed by atoms with Gasteiger partial charge in [0, 0.05) is 29.8 Å². The molecular weight excluding hydrogens is 442 g/mol. The van der Waals surface area contributed by atoms with Gasteiger partial charge in [-0.3, -0.25) is 15.1 Å². The third-order valence-corrected chi connectivity index (χ3v) is 6.35. The third-order valence-electron chi connectivity index (χ3n) is 5.37. The Hall–Kier alpha value is -3.58. The van der Waals surface area contributed by atoms with Gasteiger partial charge in [0.05, 0.1) is 18.6 Å².